The van der Waals surface area contributed by atoms with Crippen molar-refractivity contribution >= 4 is 40.9 Å². The Balaban J connectivity index is 2.12. The lowest BCUT2D eigenvalue weighted by Crippen LogP contribution is -2.24. The standard InChI is InChI=1S/C11H11ClOS2/c12-9-3-1-2-8(6-9)11(13)10-7-14-4-5-15-10/h1-3,6,10H,4-5,7H2. The minimum Gasteiger partial charge on any atom is -0.293 e. The molecule has 1 aliphatic heterocycles. The van der Waals surface area contributed by atoms with Gasteiger partial charge in [0, 0.05) is 27.8 Å². The summed E-state index contributed by atoms with van der Waals surface area (Å²) < 4.78 is 0. The number of rotatable bonds is 2. The van der Waals surface area contributed by atoms with E-state index in [2.05, 4.69) is 0 Å². The average molecular weight is 259 g/mol. The molecule has 0 amide bonds. The van der Waals surface area contributed by atoms with E-state index in [1.165, 1.54) is 0 Å². The van der Waals surface area contributed by atoms with Crippen LogP contribution in [0.4, 0.5) is 0 Å². The van der Waals surface area contributed by atoms with E-state index in [4.69, 9.17) is 11.6 Å². The van der Waals surface area contributed by atoms with Crippen molar-refractivity contribution in [3.63, 3.8) is 0 Å². The van der Waals surface area contributed by atoms with Crippen LogP contribution in [0.2, 0.25) is 5.02 Å². The number of hydrogen-bond donors (Lipinski definition) is 0. The molecule has 1 fully saturated rings. The molecule has 0 aromatic heterocycles. The lowest BCUT2D eigenvalue weighted by Gasteiger charge is -2.19. The van der Waals surface area contributed by atoms with Crippen LogP contribution in [0.25, 0.3) is 0 Å². The van der Waals surface area contributed by atoms with E-state index >= 15 is 0 Å². The highest BCUT2D eigenvalue weighted by Crippen LogP contribution is 2.27. The van der Waals surface area contributed by atoms with Gasteiger partial charge in [-0.2, -0.15) is 11.8 Å². The van der Waals surface area contributed by atoms with E-state index in [0.29, 0.717) is 5.02 Å². The fourth-order valence-corrected chi connectivity index (χ4v) is 4.29. The third-order valence-electron chi connectivity index (χ3n) is 2.22. The summed E-state index contributed by atoms with van der Waals surface area (Å²) in [5.41, 5.74) is 0.738. The average Bonchev–Trinajstić information content (AvgIpc) is 2.29. The van der Waals surface area contributed by atoms with Crippen molar-refractivity contribution in [3.05, 3.63) is 34.9 Å². The second-order valence-corrected chi connectivity index (χ2v) is 6.21. The summed E-state index contributed by atoms with van der Waals surface area (Å²) in [4.78, 5) is 12.1. The lowest BCUT2D eigenvalue weighted by molar-refractivity contribution is 0.0995. The van der Waals surface area contributed by atoms with Crippen molar-refractivity contribution < 1.29 is 4.79 Å². The van der Waals surface area contributed by atoms with Gasteiger partial charge < -0.3 is 0 Å². The third kappa shape index (κ3) is 2.92. The van der Waals surface area contributed by atoms with Crippen LogP contribution < -0.4 is 0 Å². The first-order valence-electron chi connectivity index (χ1n) is 4.76. The molecule has 1 aromatic rings. The zero-order valence-corrected chi connectivity index (χ0v) is 10.5. The minimum absolute atomic E-state index is 0.113. The molecule has 0 N–H and O–H groups in total. The van der Waals surface area contributed by atoms with Gasteiger partial charge in [-0.15, -0.1) is 11.8 Å². The van der Waals surface area contributed by atoms with Crippen LogP contribution in [0.15, 0.2) is 24.3 Å². The Morgan fingerprint density at radius 3 is 2.93 bits per heavy atom. The largest absolute Gasteiger partial charge is 0.293 e. The van der Waals surface area contributed by atoms with E-state index < -0.39 is 0 Å². The highest BCUT2D eigenvalue weighted by molar-refractivity contribution is 8.07. The number of carbonyl (C=O) groups excluding carboxylic acids is 1. The second-order valence-electron chi connectivity index (χ2n) is 3.31. The molecule has 0 aliphatic carbocycles. The molecule has 1 aromatic carbocycles. The number of benzene rings is 1. The Labute approximate surface area is 103 Å². The molecule has 1 unspecified atom stereocenters. The monoisotopic (exact) mass is 258 g/mol. The summed E-state index contributed by atoms with van der Waals surface area (Å²) in [5.74, 6) is 3.37. The van der Waals surface area contributed by atoms with Gasteiger partial charge in [0.25, 0.3) is 0 Å². The predicted molar refractivity (Wildman–Crippen MR) is 69.4 cm³/mol. The molecule has 0 radical (unpaired) electrons. The zero-order chi connectivity index (χ0) is 10.7. The fraction of sp³-hybridized carbons (Fsp3) is 0.364. The fourth-order valence-electron chi connectivity index (χ4n) is 1.47. The molecule has 2 rings (SSSR count). The van der Waals surface area contributed by atoms with E-state index in [-0.39, 0.29) is 11.0 Å². The molecule has 1 atom stereocenters. The number of halogens is 1. The molecule has 0 spiro atoms. The van der Waals surface area contributed by atoms with Crippen LogP contribution in [0, 0.1) is 0 Å². The summed E-state index contributed by atoms with van der Waals surface area (Å²) in [6.07, 6.45) is 0. The van der Waals surface area contributed by atoms with Crippen LogP contribution in [-0.4, -0.2) is 28.3 Å². The molecule has 15 heavy (non-hydrogen) atoms. The van der Waals surface area contributed by atoms with Crippen LogP contribution in [0.3, 0.4) is 0 Å². The molecule has 0 bridgehead atoms. The van der Waals surface area contributed by atoms with Crippen LogP contribution in [0.1, 0.15) is 10.4 Å². The smallest absolute Gasteiger partial charge is 0.176 e. The van der Waals surface area contributed by atoms with Gasteiger partial charge in [-0.3, -0.25) is 4.79 Å². The van der Waals surface area contributed by atoms with Crippen LogP contribution in [0.5, 0.6) is 0 Å². The Bertz CT molecular complexity index is 361. The van der Waals surface area contributed by atoms with E-state index in [9.17, 15) is 4.79 Å². The van der Waals surface area contributed by atoms with Gasteiger partial charge in [0.2, 0.25) is 0 Å². The van der Waals surface area contributed by atoms with E-state index in [1.54, 1.807) is 23.9 Å². The van der Waals surface area contributed by atoms with Gasteiger partial charge >= 0.3 is 0 Å². The van der Waals surface area contributed by atoms with Gasteiger partial charge in [0.05, 0.1) is 5.25 Å². The van der Waals surface area contributed by atoms with Gasteiger partial charge in [-0.25, -0.2) is 0 Å². The first-order chi connectivity index (χ1) is 7.27. The first-order valence-corrected chi connectivity index (χ1v) is 7.34. The first kappa shape index (κ1) is 11.4. The molecule has 1 heterocycles. The van der Waals surface area contributed by atoms with E-state index in [0.717, 1.165) is 22.8 Å². The molecule has 1 nitrogen and oxygen atoms in total. The molecule has 1 saturated heterocycles. The van der Waals surface area contributed by atoms with Crippen molar-refractivity contribution in [2.45, 2.75) is 5.25 Å². The third-order valence-corrected chi connectivity index (χ3v) is 5.21. The number of carbonyl (C=O) groups is 1. The Hall–Kier alpha value is -0.120. The Morgan fingerprint density at radius 1 is 1.40 bits per heavy atom. The van der Waals surface area contributed by atoms with Crippen molar-refractivity contribution in [1.29, 1.82) is 0 Å². The molecule has 0 saturated carbocycles. The molecule has 80 valence electrons. The Morgan fingerprint density at radius 2 is 2.27 bits per heavy atom. The molecular formula is C11H11ClOS2. The van der Waals surface area contributed by atoms with Gasteiger partial charge in [0.15, 0.2) is 5.78 Å². The van der Waals surface area contributed by atoms with Gasteiger partial charge in [-0.05, 0) is 12.1 Å². The summed E-state index contributed by atoms with van der Waals surface area (Å²) in [7, 11) is 0. The number of hydrogen-bond acceptors (Lipinski definition) is 3. The highest BCUT2D eigenvalue weighted by atomic mass is 35.5. The lowest BCUT2D eigenvalue weighted by atomic mass is 10.1. The maximum Gasteiger partial charge on any atom is 0.176 e. The molecule has 1 aliphatic rings. The molecule has 4 heteroatoms. The van der Waals surface area contributed by atoms with Crippen molar-refractivity contribution in [1.82, 2.24) is 0 Å². The quantitative estimate of drug-likeness (QED) is 0.757. The number of thioether (sulfide) groups is 2. The number of ketones is 1. The SMILES string of the molecule is O=C(c1cccc(Cl)c1)C1CSCCS1. The topological polar surface area (TPSA) is 17.1 Å². The summed E-state index contributed by atoms with van der Waals surface area (Å²) in [5, 5.41) is 0.747. The van der Waals surface area contributed by atoms with E-state index in [1.807, 2.05) is 23.9 Å². The zero-order valence-electron chi connectivity index (χ0n) is 8.11. The maximum atomic E-state index is 12.1. The van der Waals surface area contributed by atoms with Gasteiger partial charge in [0.1, 0.15) is 0 Å². The highest BCUT2D eigenvalue weighted by Gasteiger charge is 2.23. The van der Waals surface area contributed by atoms with Crippen LogP contribution in [-0.2, 0) is 0 Å². The van der Waals surface area contributed by atoms with Gasteiger partial charge in [-0.1, -0.05) is 23.7 Å². The second kappa shape index (κ2) is 5.28. The minimum atomic E-state index is 0.113. The number of Topliss-reactive ketones (excluding diaryl/α,β-unsaturated/α-hetero) is 1. The summed E-state index contributed by atoms with van der Waals surface area (Å²) in [6.45, 7) is 0. The van der Waals surface area contributed by atoms with Crippen molar-refractivity contribution in [2.24, 2.45) is 0 Å². The maximum absolute atomic E-state index is 12.1. The Kier molecular flexibility index (Phi) is 4.00. The summed E-state index contributed by atoms with van der Waals surface area (Å²) in [6, 6.07) is 7.22. The normalized spacial score (nSPS) is 21.3. The van der Waals surface area contributed by atoms with Crippen molar-refractivity contribution in [3.8, 4) is 0 Å². The predicted octanol–water partition coefficient (Wildman–Crippen LogP) is 3.37. The summed E-state index contributed by atoms with van der Waals surface area (Å²) >= 11 is 9.48. The molecular weight excluding hydrogens is 248 g/mol. The van der Waals surface area contributed by atoms with Crippen molar-refractivity contribution in [2.75, 3.05) is 17.3 Å². The van der Waals surface area contributed by atoms with Crippen LogP contribution >= 0.6 is 35.1 Å².